The molecule has 0 saturated carbocycles. The van der Waals surface area contributed by atoms with Crippen molar-refractivity contribution < 1.29 is 27.9 Å². The topological polar surface area (TPSA) is 107 Å². The summed E-state index contributed by atoms with van der Waals surface area (Å²) in [6.45, 7) is 24.3. The number of fused-ring (bicyclic) bond motifs is 2. The Morgan fingerprint density at radius 3 is 1.13 bits per heavy atom. The van der Waals surface area contributed by atoms with Crippen molar-refractivity contribution in [2.24, 2.45) is 0 Å². The first kappa shape index (κ1) is 44.1. The van der Waals surface area contributed by atoms with Gasteiger partial charge in [-0.05, 0) is 111 Å². The van der Waals surface area contributed by atoms with E-state index >= 15 is 0 Å². The molecule has 0 radical (unpaired) electrons. The Kier molecular flexibility index (Phi) is 12.0. The molecule has 0 bridgehead atoms. The third-order valence-electron chi connectivity index (χ3n) is 12.5. The molecule has 0 unspecified atom stereocenters. The van der Waals surface area contributed by atoms with E-state index < -0.39 is 32.3 Å². The molecule has 0 amide bonds. The number of hydrogen-bond donors (Lipinski definition) is 0. The summed E-state index contributed by atoms with van der Waals surface area (Å²) in [6, 6.07) is 36.4. The molecule has 3 fully saturated rings. The average molecular weight is 871 g/mol. The van der Waals surface area contributed by atoms with Gasteiger partial charge in [-0.1, -0.05) is 97.1 Å². The zero-order valence-electron chi connectivity index (χ0n) is 36.7. The molecule has 4 aromatic carbocycles. The predicted molar refractivity (Wildman–Crippen MR) is 246 cm³/mol. The van der Waals surface area contributed by atoms with Crippen LogP contribution < -0.4 is 5.72 Å². The molecule has 60 heavy (non-hydrogen) atoms. The fraction of sp³-hybridized carbons (Fsp3) is 0.391. The summed E-state index contributed by atoms with van der Waals surface area (Å²) in [5, 5.41) is 2.09. The molecule has 5 heterocycles. The largest absolute Gasteiger partial charge is 0.534 e. The molecule has 3 aliphatic rings. The zero-order chi connectivity index (χ0) is 43.3. The highest BCUT2D eigenvalue weighted by molar-refractivity contribution is 9.10. The SMILES string of the molecule is Brc1nc(-c2ccccc2)c2ccccc2n1.CC1(C)OB(B2OC(C)(C)C(C)(C)O2)OC1(C)C.CC1(C)OB(c2nc(-c3ccccc3)c3ccccc3n2)OC1(C)C. The van der Waals surface area contributed by atoms with Crippen LogP contribution in [0.1, 0.15) is 83.1 Å². The number of rotatable bonds is 4. The second-order valence-electron chi connectivity index (χ2n) is 18.4. The van der Waals surface area contributed by atoms with Crippen LogP contribution in [0.15, 0.2) is 114 Å². The summed E-state index contributed by atoms with van der Waals surface area (Å²) >= 11 is 3.36. The van der Waals surface area contributed by atoms with Gasteiger partial charge in [0.05, 0.1) is 56.0 Å². The molecule has 3 saturated heterocycles. The van der Waals surface area contributed by atoms with Crippen LogP contribution in [-0.4, -0.2) is 74.7 Å². The van der Waals surface area contributed by atoms with E-state index in [9.17, 15) is 0 Å². The quantitative estimate of drug-likeness (QED) is 0.126. The lowest BCUT2D eigenvalue weighted by molar-refractivity contribution is 0.00578. The highest BCUT2D eigenvalue weighted by Gasteiger charge is 2.63. The fourth-order valence-corrected chi connectivity index (χ4v) is 7.20. The van der Waals surface area contributed by atoms with Gasteiger partial charge in [-0.3, -0.25) is 0 Å². The first-order valence-corrected chi connectivity index (χ1v) is 21.3. The Labute approximate surface area is 364 Å². The van der Waals surface area contributed by atoms with Crippen molar-refractivity contribution >= 4 is 64.6 Å². The van der Waals surface area contributed by atoms with Crippen molar-refractivity contribution in [2.45, 2.75) is 117 Å². The number of nitrogens with zero attached hydrogens (tertiary/aromatic N) is 4. The second kappa shape index (κ2) is 16.4. The van der Waals surface area contributed by atoms with E-state index in [1.807, 2.05) is 168 Å². The first-order chi connectivity index (χ1) is 28.1. The Balaban J connectivity index is 0.000000140. The maximum Gasteiger partial charge on any atom is 0.534 e. The summed E-state index contributed by atoms with van der Waals surface area (Å²) in [6.07, 6.45) is 0. The van der Waals surface area contributed by atoms with Crippen LogP contribution in [0.3, 0.4) is 0 Å². The van der Waals surface area contributed by atoms with Crippen molar-refractivity contribution in [3.63, 3.8) is 0 Å². The Morgan fingerprint density at radius 2 is 0.717 bits per heavy atom. The third-order valence-corrected chi connectivity index (χ3v) is 12.9. The van der Waals surface area contributed by atoms with Crippen molar-refractivity contribution in [1.29, 1.82) is 0 Å². The molecule has 14 heteroatoms. The van der Waals surface area contributed by atoms with Crippen LogP contribution in [0.4, 0.5) is 0 Å². The van der Waals surface area contributed by atoms with Gasteiger partial charge in [0.2, 0.25) is 0 Å². The Bertz CT molecular complexity index is 2390. The number of hydrogen-bond acceptors (Lipinski definition) is 10. The monoisotopic (exact) mass is 870 g/mol. The molecule has 2 aromatic heterocycles. The minimum absolute atomic E-state index is 0.360. The average Bonchev–Trinajstić information content (AvgIpc) is 3.67. The second-order valence-corrected chi connectivity index (χ2v) is 19.1. The Morgan fingerprint density at radius 1 is 0.383 bits per heavy atom. The van der Waals surface area contributed by atoms with Crippen LogP contribution in [0.25, 0.3) is 44.3 Å². The Hall–Kier alpha value is -4.01. The number of benzene rings is 4. The summed E-state index contributed by atoms with van der Waals surface area (Å²) < 4.78 is 36.8. The molecule has 310 valence electrons. The van der Waals surface area contributed by atoms with Gasteiger partial charge in [0.15, 0.2) is 10.5 Å². The van der Waals surface area contributed by atoms with Gasteiger partial charge in [0, 0.05) is 21.9 Å². The van der Waals surface area contributed by atoms with Crippen LogP contribution in [0, 0.1) is 0 Å². The van der Waals surface area contributed by atoms with Crippen molar-refractivity contribution in [3.05, 3.63) is 114 Å². The summed E-state index contributed by atoms with van der Waals surface area (Å²) in [5.41, 5.74) is 4.15. The third kappa shape index (κ3) is 8.84. The minimum Gasteiger partial charge on any atom is -0.405 e. The predicted octanol–water partition coefficient (Wildman–Crippen LogP) is 9.90. The van der Waals surface area contributed by atoms with Crippen LogP contribution in [0.2, 0.25) is 0 Å². The van der Waals surface area contributed by atoms with E-state index in [1.54, 1.807) is 0 Å². The molecule has 6 aromatic rings. The number of aromatic nitrogens is 4. The van der Waals surface area contributed by atoms with Crippen LogP contribution in [0.5, 0.6) is 0 Å². The van der Waals surface area contributed by atoms with Crippen LogP contribution >= 0.6 is 15.9 Å². The van der Waals surface area contributed by atoms with Gasteiger partial charge >= 0.3 is 21.1 Å². The van der Waals surface area contributed by atoms with Crippen LogP contribution in [-0.2, 0) is 27.9 Å². The standard InChI is InChI=1S/C20H21BN2O2.C14H9BrN2.C12H24B2O4/c1-19(2)20(3,4)25-21(24-19)18-22-16-13-9-8-12-15(16)17(23-18)14-10-6-5-7-11-14;15-14-16-12-9-5-4-8-11(12)13(17-14)10-6-2-1-3-7-10;1-9(2)10(3,4)16-13(15-9)14-17-11(5,6)12(7,8)18-14/h5-13H,1-4H3;1-9H;1-8H3. The molecule has 0 spiro atoms. The lowest BCUT2D eigenvalue weighted by Crippen LogP contribution is -2.41. The molecular formula is C46H54B3BrN4O6. The maximum atomic E-state index is 6.14. The summed E-state index contributed by atoms with van der Waals surface area (Å²) in [5.74, 6) is 0. The van der Waals surface area contributed by atoms with Gasteiger partial charge in [-0.25, -0.2) is 19.9 Å². The zero-order valence-corrected chi connectivity index (χ0v) is 38.3. The summed E-state index contributed by atoms with van der Waals surface area (Å²) in [4.78, 5) is 18.4. The van der Waals surface area contributed by atoms with E-state index in [1.165, 1.54) is 0 Å². The summed E-state index contributed by atoms with van der Waals surface area (Å²) in [7, 11) is -1.52. The molecule has 0 N–H and O–H groups in total. The molecule has 9 rings (SSSR count). The van der Waals surface area contributed by atoms with Crippen molar-refractivity contribution in [2.75, 3.05) is 0 Å². The van der Waals surface area contributed by atoms with Crippen molar-refractivity contribution in [3.8, 4) is 22.5 Å². The van der Waals surface area contributed by atoms with E-state index in [0.29, 0.717) is 10.5 Å². The van der Waals surface area contributed by atoms with Gasteiger partial charge in [0.1, 0.15) is 0 Å². The number of para-hydroxylation sites is 2. The molecule has 10 nitrogen and oxygen atoms in total. The van der Waals surface area contributed by atoms with E-state index in [-0.39, 0.29) is 22.4 Å². The highest BCUT2D eigenvalue weighted by Crippen LogP contribution is 2.43. The molecule has 0 aliphatic carbocycles. The van der Waals surface area contributed by atoms with E-state index in [0.717, 1.165) is 44.3 Å². The fourth-order valence-electron chi connectivity index (χ4n) is 6.83. The van der Waals surface area contributed by atoms with E-state index in [4.69, 9.17) is 37.9 Å². The maximum absolute atomic E-state index is 6.14. The molecule has 3 aliphatic heterocycles. The number of halogens is 1. The van der Waals surface area contributed by atoms with Gasteiger partial charge in [0.25, 0.3) is 0 Å². The van der Waals surface area contributed by atoms with Gasteiger partial charge in [-0.2, -0.15) is 0 Å². The first-order valence-electron chi connectivity index (χ1n) is 20.5. The van der Waals surface area contributed by atoms with Gasteiger partial charge in [-0.15, -0.1) is 0 Å². The lowest BCUT2D eigenvalue weighted by Gasteiger charge is -2.32. The normalized spacial score (nSPS) is 20.4. The minimum atomic E-state index is -0.572. The lowest BCUT2D eigenvalue weighted by atomic mass is 9.49. The highest BCUT2D eigenvalue weighted by atomic mass is 79.9. The molecule has 0 atom stereocenters. The smallest absolute Gasteiger partial charge is 0.405 e. The van der Waals surface area contributed by atoms with Crippen molar-refractivity contribution in [1.82, 2.24) is 19.9 Å². The van der Waals surface area contributed by atoms with E-state index in [2.05, 4.69) is 50.2 Å². The molecular weight excluding hydrogens is 817 g/mol. The van der Waals surface area contributed by atoms with Gasteiger partial charge < -0.3 is 27.9 Å².